The molecule has 4 rings (SSSR count). The zero-order valence-electron chi connectivity index (χ0n) is 13.4. The van der Waals surface area contributed by atoms with Gasteiger partial charge in [-0.25, -0.2) is 17.5 Å². The first-order chi connectivity index (χ1) is 11.5. The third-order valence-electron chi connectivity index (χ3n) is 5.23. The van der Waals surface area contributed by atoms with Crippen molar-refractivity contribution in [3.05, 3.63) is 42.5 Å². The molecule has 0 atom stereocenters. The monoisotopic (exact) mass is 349 g/mol. The van der Waals surface area contributed by atoms with Gasteiger partial charge in [0.15, 0.2) is 0 Å². The summed E-state index contributed by atoms with van der Waals surface area (Å²) in [7, 11) is -3.55. The predicted octanol–water partition coefficient (Wildman–Crippen LogP) is 2.97. The zero-order chi connectivity index (χ0) is 16.8. The molecular formula is C17H20FN3O2S. The summed E-state index contributed by atoms with van der Waals surface area (Å²) in [5.74, 6) is -0.436. The summed E-state index contributed by atoms with van der Waals surface area (Å²) in [6, 6.07) is 6.17. The normalized spacial score (nSPS) is 20.9. The van der Waals surface area contributed by atoms with E-state index in [1.165, 1.54) is 46.7 Å². The zero-order valence-corrected chi connectivity index (χ0v) is 14.2. The van der Waals surface area contributed by atoms with Crippen LogP contribution in [0.4, 0.5) is 4.39 Å². The molecule has 0 radical (unpaired) electrons. The molecule has 0 unspecified atom stereocenters. The van der Waals surface area contributed by atoms with Crippen molar-refractivity contribution in [2.45, 2.75) is 37.0 Å². The lowest BCUT2D eigenvalue weighted by Gasteiger charge is -2.51. The standard InChI is InChI=1S/C17H20FN3O2S/c18-15-6-2-3-7-16(15)21-11-14(10-19-21)24(22,23)20-12-17(13-20)8-4-1-5-9-17/h2-3,6-7,10-11H,1,4-5,8-9,12-13H2. The third-order valence-corrected chi connectivity index (χ3v) is 6.98. The van der Waals surface area contributed by atoms with Crippen molar-refractivity contribution in [2.75, 3.05) is 13.1 Å². The summed E-state index contributed by atoms with van der Waals surface area (Å²) >= 11 is 0. The van der Waals surface area contributed by atoms with Crippen molar-refractivity contribution in [1.29, 1.82) is 0 Å². The first-order valence-corrected chi connectivity index (χ1v) is 9.74. The molecule has 2 fully saturated rings. The van der Waals surface area contributed by atoms with Crippen molar-refractivity contribution >= 4 is 10.0 Å². The molecule has 0 N–H and O–H groups in total. The maximum atomic E-state index is 13.8. The minimum absolute atomic E-state index is 0.122. The SMILES string of the molecule is O=S(=O)(c1cnn(-c2ccccc2F)c1)N1CC2(CCCCC2)C1. The highest BCUT2D eigenvalue weighted by Crippen LogP contribution is 2.45. The van der Waals surface area contributed by atoms with Crippen LogP contribution in [-0.2, 0) is 10.0 Å². The second-order valence-electron chi connectivity index (χ2n) is 6.91. The maximum Gasteiger partial charge on any atom is 0.246 e. The Balaban J connectivity index is 1.55. The molecule has 1 spiro atoms. The van der Waals surface area contributed by atoms with Gasteiger partial charge >= 0.3 is 0 Å². The minimum atomic E-state index is -3.55. The molecule has 128 valence electrons. The van der Waals surface area contributed by atoms with Gasteiger partial charge in [-0.15, -0.1) is 0 Å². The van der Waals surface area contributed by atoms with Crippen molar-refractivity contribution in [2.24, 2.45) is 5.41 Å². The Morgan fingerprint density at radius 3 is 2.50 bits per heavy atom. The Labute approximate surface area is 141 Å². The summed E-state index contributed by atoms with van der Waals surface area (Å²) in [6.45, 7) is 1.19. The van der Waals surface area contributed by atoms with Crippen molar-refractivity contribution in [3.63, 3.8) is 0 Å². The Morgan fingerprint density at radius 2 is 1.79 bits per heavy atom. The van der Waals surface area contributed by atoms with Crippen LogP contribution in [0.5, 0.6) is 0 Å². The summed E-state index contributed by atoms with van der Waals surface area (Å²) < 4.78 is 42.1. The van der Waals surface area contributed by atoms with E-state index in [1.807, 2.05) is 0 Å². The molecule has 7 heteroatoms. The van der Waals surface area contributed by atoms with E-state index in [9.17, 15) is 12.8 Å². The van der Waals surface area contributed by atoms with E-state index in [-0.39, 0.29) is 16.0 Å². The number of aromatic nitrogens is 2. The summed E-state index contributed by atoms with van der Waals surface area (Å²) in [5.41, 5.74) is 0.429. The Kier molecular flexibility index (Phi) is 3.73. The number of rotatable bonds is 3. The van der Waals surface area contributed by atoms with Crippen molar-refractivity contribution < 1.29 is 12.8 Å². The van der Waals surface area contributed by atoms with Gasteiger partial charge < -0.3 is 0 Å². The highest BCUT2D eigenvalue weighted by atomic mass is 32.2. The van der Waals surface area contributed by atoms with Crippen LogP contribution in [0.3, 0.4) is 0 Å². The smallest absolute Gasteiger partial charge is 0.237 e. The van der Waals surface area contributed by atoms with E-state index < -0.39 is 15.8 Å². The van der Waals surface area contributed by atoms with Crippen molar-refractivity contribution in [1.82, 2.24) is 14.1 Å². The molecule has 0 amide bonds. The van der Waals surface area contributed by atoms with Gasteiger partial charge in [-0.3, -0.25) is 0 Å². The second kappa shape index (κ2) is 5.67. The molecule has 1 aliphatic heterocycles. The molecule has 0 bridgehead atoms. The maximum absolute atomic E-state index is 13.8. The molecule has 2 aliphatic rings. The van der Waals surface area contributed by atoms with Gasteiger partial charge in [0, 0.05) is 13.1 Å². The lowest BCUT2D eigenvalue weighted by atomic mass is 9.70. The number of hydrogen-bond acceptors (Lipinski definition) is 3. The first kappa shape index (κ1) is 15.8. The Bertz CT molecular complexity index is 848. The average molecular weight is 349 g/mol. The molecule has 1 saturated heterocycles. The van der Waals surface area contributed by atoms with Crippen LogP contribution < -0.4 is 0 Å². The fraction of sp³-hybridized carbons (Fsp3) is 0.471. The van der Waals surface area contributed by atoms with Gasteiger partial charge in [0.25, 0.3) is 0 Å². The number of sulfonamides is 1. The topological polar surface area (TPSA) is 55.2 Å². The highest BCUT2D eigenvalue weighted by molar-refractivity contribution is 7.89. The van der Waals surface area contributed by atoms with Gasteiger partial charge in [0.2, 0.25) is 10.0 Å². The average Bonchev–Trinajstić information content (AvgIpc) is 3.04. The quantitative estimate of drug-likeness (QED) is 0.856. The Morgan fingerprint density at radius 1 is 1.08 bits per heavy atom. The number of para-hydroxylation sites is 1. The number of nitrogens with zero attached hydrogens (tertiary/aromatic N) is 3. The second-order valence-corrected chi connectivity index (χ2v) is 8.84. The van der Waals surface area contributed by atoms with Gasteiger partial charge in [0.1, 0.15) is 16.4 Å². The predicted molar refractivity (Wildman–Crippen MR) is 87.8 cm³/mol. The fourth-order valence-electron chi connectivity index (χ4n) is 3.85. The number of hydrogen-bond donors (Lipinski definition) is 0. The number of halogens is 1. The molecule has 1 aromatic heterocycles. The minimum Gasteiger partial charge on any atom is -0.237 e. The molecular weight excluding hydrogens is 329 g/mol. The van der Waals surface area contributed by atoms with Crippen LogP contribution in [0.25, 0.3) is 5.69 Å². The van der Waals surface area contributed by atoms with Crippen LogP contribution >= 0.6 is 0 Å². The molecule has 2 aromatic rings. The summed E-state index contributed by atoms with van der Waals surface area (Å²) in [6.07, 6.45) is 8.57. The molecule has 5 nitrogen and oxygen atoms in total. The van der Waals surface area contributed by atoms with Crippen molar-refractivity contribution in [3.8, 4) is 5.69 Å². The number of benzene rings is 1. The lowest BCUT2D eigenvalue weighted by molar-refractivity contribution is 0.0305. The van der Waals surface area contributed by atoms with Crippen LogP contribution in [-0.4, -0.2) is 35.6 Å². The van der Waals surface area contributed by atoms with E-state index >= 15 is 0 Å². The van der Waals surface area contributed by atoms with Gasteiger partial charge in [-0.05, 0) is 30.4 Å². The van der Waals surface area contributed by atoms with Gasteiger partial charge in [-0.2, -0.15) is 9.40 Å². The van der Waals surface area contributed by atoms with E-state index in [0.717, 1.165) is 12.8 Å². The molecule has 24 heavy (non-hydrogen) atoms. The van der Waals surface area contributed by atoms with Gasteiger partial charge in [0.05, 0.1) is 12.4 Å². The molecule has 1 aliphatic carbocycles. The van der Waals surface area contributed by atoms with E-state index in [2.05, 4.69) is 5.10 Å². The van der Waals surface area contributed by atoms with Gasteiger partial charge in [-0.1, -0.05) is 31.4 Å². The van der Waals surface area contributed by atoms with Crippen LogP contribution in [0.2, 0.25) is 0 Å². The highest BCUT2D eigenvalue weighted by Gasteiger charge is 2.48. The molecule has 1 aromatic carbocycles. The fourth-order valence-corrected chi connectivity index (χ4v) is 5.45. The van der Waals surface area contributed by atoms with Crippen LogP contribution in [0.15, 0.2) is 41.6 Å². The van der Waals surface area contributed by atoms with Crippen LogP contribution in [0, 0.1) is 11.2 Å². The molecule has 1 saturated carbocycles. The Hall–Kier alpha value is -1.73. The lowest BCUT2D eigenvalue weighted by Crippen LogP contribution is -2.58. The third kappa shape index (κ3) is 2.56. The molecule has 2 heterocycles. The van der Waals surface area contributed by atoms with E-state index in [4.69, 9.17) is 0 Å². The van der Waals surface area contributed by atoms with Crippen LogP contribution in [0.1, 0.15) is 32.1 Å². The summed E-state index contributed by atoms with van der Waals surface area (Å²) in [5, 5.41) is 4.03. The first-order valence-electron chi connectivity index (χ1n) is 8.30. The van der Waals surface area contributed by atoms with E-state index in [1.54, 1.807) is 18.2 Å². The summed E-state index contributed by atoms with van der Waals surface area (Å²) in [4.78, 5) is 0.122. The van der Waals surface area contributed by atoms with E-state index in [0.29, 0.717) is 13.1 Å². The largest absolute Gasteiger partial charge is 0.246 e.